The number of thioether (sulfide) groups is 1. The summed E-state index contributed by atoms with van der Waals surface area (Å²) in [5.41, 5.74) is 3.33. The third-order valence-electron chi connectivity index (χ3n) is 1.71. The van der Waals surface area contributed by atoms with Crippen molar-refractivity contribution in [1.29, 1.82) is 0 Å². The van der Waals surface area contributed by atoms with Crippen LogP contribution in [0.5, 0.6) is 0 Å². The van der Waals surface area contributed by atoms with Gasteiger partial charge in [0.05, 0.1) is 5.69 Å². The number of hydrogen-bond acceptors (Lipinski definition) is 2. The SMILES string of the molecule is C=C(C)c1nccc(C)c1SC. The van der Waals surface area contributed by atoms with Crippen molar-refractivity contribution in [3.63, 3.8) is 0 Å². The van der Waals surface area contributed by atoms with E-state index in [2.05, 4.69) is 24.7 Å². The molecule has 0 aromatic carbocycles. The molecule has 0 aliphatic carbocycles. The van der Waals surface area contributed by atoms with E-state index in [1.165, 1.54) is 10.5 Å². The van der Waals surface area contributed by atoms with Crippen LogP contribution in [0.2, 0.25) is 0 Å². The Labute approximate surface area is 77.9 Å². The zero-order valence-electron chi connectivity index (χ0n) is 7.72. The lowest BCUT2D eigenvalue weighted by atomic mass is 10.2. The smallest absolute Gasteiger partial charge is 0.0791 e. The third kappa shape index (κ3) is 1.69. The Morgan fingerprint density at radius 1 is 1.58 bits per heavy atom. The van der Waals surface area contributed by atoms with Gasteiger partial charge >= 0.3 is 0 Å². The first kappa shape index (κ1) is 9.33. The summed E-state index contributed by atoms with van der Waals surface area (Å²) in [7, 11) is 0. The largest absolute Gasteiger partial charge is 0.255 e. The van der Waals surface area contributed by atoms with Gasteiger partial charge in [0.1, 0.15) is 0 Å². The van der Waals surface area contributed by atoms with Crippen molar-refractivity contribution in [1.82, 2.24) is 4.98 Å². The molecule has 0 N–H and O–H groups in total. The lowest BCUT2D eigenvalue weighted by Gasteiger charge is -2.07. The first-order valence-corrected chi connectivity index (χ1v) is 5.04. The van der Waals surface area contributed by atoms with E-state index in [9.17, 15) is 0 Å². The molecule has 2 heteroatoms. The van der Waals surface area contributed by atoms with Gasteiger partial charge in [0.15, 0.2) is 0 Å². The summed E-state index contributed by atoms with van der Waals surface area (Å²) in [6.45, 7) is 7.98. The highest BCUT2D eigenvalue weighted by Crippen LogP contribution is 2.26. The Balaban J connectivity index is 3.27. The summed E-state index contributed by atoms with van der Waals surface area (Å²) >= 11 is 1.73. The third-order valence-corrected chi connectivity index (χ3v) is 2.63. The zero-order valence-corrected chi connectivity index (χ0v) is 8.53. The lowest BCUT2D eigenvalue weighted by Crippen LogP contribution is -1.91. The van der Waals surface area contributed by atoms with Crippen molar-refractivity contribution in [2.75, 3.05) is 6.26 Å². The molecule has 12 heavy (non-hydrogen) atoms. The highest BCUT2D eigenvalue weighted by Gasteiger charge is 2.05. The minimum atomic E-state index is 1.03. The molecule has 1 rings (SSSR count). The molecule has 1 heterocycles. The number of aromatic nitrogens is 1. The Morgan fingerprint density at radius 3 is 2.67 bits per heavy atom. The van der Waals surface area contributed by atoms with E-state index in [4.69, 9.17) is 0 Å². The zero-order chi connectivity index (χ0) is 9.14. The first-order valence-electron chi connectivity index (χ1n) is 3.82. The average Bonchev–Trinajstić information content (AvgIpc) is 2.03. The summed E-state index contributed by atoms with van der Waals surface area (Å²) in [6, 6.07) is 2.03. The quantitative estimate of drug-likeness (QED) is 0.647. The molecule has 0 spiro atoms. The van der Waals surface area contributed by atoms with Crippen LogP contribution in [-0.4, -0.2) is 11.2 Å². The van der Waals surface area contributed by atoms with Gasteiger partial charge in [0.2, 0.25) is 0 Å². The molecule has 0 aliphatic rings. The highest BCUT2D eigenvalue weighted by molar-refractivity contribution is 7.98. The molecule has 1 aromatic heterocycles. The topological polar surface area (TPSA) is 12.9 Å². The second kappa shape index (κ2) is 3.76. The Kier molecular flexibility index (Phi) is 2.93. The molecule has 64 valence electrons. The highest BCUT2D eigenvalue weighted by atomic mass is 32.2. The molecular formula is C10H13NS. The summed E-state index contributed by atoms with van der Waals surface area (Å²) in [4.78, 5) is 5.53. The number of nitrogens with zero attached hydrogens (tertiary/aromatic N) is 1. The number of pyridine rings is 1. The predicted octanol–water partition coefficient (Wildman–Crippen LogP) is 3.15. The fourth-order valence-electron chi connectivity index (χ4n) is 1.11. The predicted molar refractivity (Wildman–Crippen MR) is 55.5 cm³/mol. The Bertz CT molecular complexity index is 305. The second-order valence-corrected chi connectivity index (χ2v) is 3.61. The van der Waals surface area contributed by atoms with Crippen LogP contribution in [0.1, 0.15) is 18.2 Å². The van der Waals surface area contributed by atoms with Gasteiger partial charge in [-0.15, -0.1) is 11.8 Å². The van der Waals surface area contributed by atoms with Crippen molar-refractivity contribution in [2.45, 2.75) is 18.7 Å². The van der Waals surface area contributed by atoms with E-state index >= 15 is 0 Å². The monoisotopic (exact) mass is 179 g/mol. The Hall–Kier alpha value is -0.760. The first-order chi connectivity index (χ1) is 5.66. The fourth-order valence-corrected chi connectivity index (χ4v) is 1.92. The molecule has 0 radical (unpaired) electrons. The van der Waals surface area contributed by atoms with Crippen LogP contribution < -0.4 is 0 Å². The molecule has 0 saturated carbocycles. The summed E-state index contributed by atoms with van der Waals surface area (Å²) in [5.74, 6) is 0. The van der Waals surface area contributed by atoms with Gasteiger partial charge in [0.25, 0.3) is 0 Å². The van der Waals surface area contributed by atoms with Crippen molar-refractivity contribution < 1.29 is 0 Å². The number of allylic oxidation sites excluding steroid dienone is 1. The maximum atomic E-state index is 4.29. The molecule has 1 aromatic rings. The van der Waals surface area contributed by atoms with Gasteiger partial charge in [-0.25, -0.2) is 0 Å². The van der Waals surface area contributed by atoms with E-state index < -0.39 is 0 Å². The normalized spacial score (nSPS) is 9.92. The molecule has 0 amide bonds. The molecule has 1 nitrogen and oxygen atoms in total. The summed E-state index contributed by atoms with van der Waals surface area (Å²) in [5, 5.41) is 0. The van der Waals surface area contributed by atoms with Gasteiger partial charge in [-0.2, -0.15) is 0 Å². The minimum absolute atomic E-state index is 1.03. The van der Waals surface area contributed by atoms with Crippen LogP contribution in [0.15, 0.2) is 23.7 Å². The van der Waals surface area contributed by atoms with E-state index in [-0.39, 0.29) is 0 Å². The van der Waals surface area contributed by atoms with Gasteiger partial charge in [0, 0.05) is 11.1 Å². The molecule has 0 aliphatic heterocycles. The fraction of sp³-hybridized carbons (Fsp3) is 0.300. The van der Waals surface area contributed by atoms with E-state index in [1.807, 2.05) is 19.2 Å². The van der Waals surface area contributed by atoms with Crippen LogP contribution in [0.3, 0.4) is 0 Å². The number of hydrogen-bond donors (Lipinski definition) is 0. The van der Waals surface area contributed by atoms with E-state index in [0.717, 1.165) is 11.3 Å². The molecular weight excluding hydrogens is 166 g/mol. The summed E-state index contributed by atoms with van der Waals surface area (Å²) < 4.78 is 0. The molecule has 0 fully saturated rings. The van der Waals surface area contributed by atoms with Crippen LogP contribution >= 0.6 is 11.8 Å². The van der Waals surface area contributed by atoms with Crippen LogP contribution in [0, 0.1) is 6.92 Å². The van der Waals surface area contributed by atoms with Crippen molar-refractivity contribution in [2.24, 2.45) is 0 Å². The lowest BCUT2D eigenvalue weighted by molar-refractivity contribution is 1.13. The van der Waals surface area contributed by atoms with Crippen molar-refractivity contribution in [3.8, 4) is 0 Å². The number of aryl methyl sites for hydroxylation is 1. The van der Waals surface area contributed by atoms with Crippen LogP contribution in [-0.2, 0) is 0 Å². The van der Waals surface area contributed by atoms with Crippen molar-refractivity contribution >= 4 is 17.3 Å². The molecule has 0 unspecified atom stereocenters. The van der Waals surface area contributed by atoms with Crippen molar-refractivity contribution in [3.05, 3.63) is 30.1 Å². The molecule has 0 bridgehead atoms. The standard InChI is InChI=1S/C10H13NS/c1-7(2)9-10(12-4)8(3)5-6-11-9/h5-6H,1H2,2-4H3. The molecule has 0 saturated heterocycles. The maximum absolute atomic E-state index is 4.29. The van der Waals surface area contributed by atoms with E-state index in [1.54, 1.807) is 11.8 Å². The maximum Gasteiger partial charge on any atom is 0.0791 e. The Morgan fingerprint density at radius 2 is 2.25 bits per heavy atom. The average molecular weight is 179 g/mol. The van der Waals surface area contributed by atoms with Crippen LogP contribution in [0.4, 0.5) is 0 Å². The van der Waals surface area contributed by atoms with E-state index in [0.29, 0.717) is 0 Å². The van der Waals surface area contributed by atoms with Gasteiger partial charge < -0.3 is 0 Å². The molecule has 0 atom stereocenters. The number of rotatable bonds is 2. The van der Waals surface area contributed by atoms with Gasteiger partial charge in [-0.05, 0) is 37.3 Å². The van der Waals surface area contributed by atoms with Gasteiger partial charge in [-0.3, -0.25) is 4.98 Å². The van der Waals surface area contributed by atoms with Gasteiger partial charge in [-0.1, -0.05) is 6.58 Å². The summed E-state index contributed by atoms with van der Waals surface area (Å²) in [6.07, 6.45) is 3.90. The minimum Gasteiger partial charge on any atom is -0.255 e. The van der Waals surface area contributed by atoms with Crippen LogP contribution in [0.25, 0.3) is 5.57 Å². The second-order valence-electron chi connectivity index (χ2n) is 2.79.